The Bertz CT molecular complexity index is 674. The molecule has 110 valence electrons. The molecule has 0 aliphatic carbocycles. The molecule has 6 heteroatoms. The molecule has 0 aromatic heterocycles. The van der Waals surface area contributed by atoms with Gasteiger partial charge in [-0.05, 0) is 30.3 Å². The molecule has 4 nitrogen and oxygen atoms in total. The zero-order chi connectivity index (χ0) is 15.4. The number of hydrogen-bond acceptors (Lipinski definition) is 3. The average molecular weight is 293 g/mol. The van der Waals surface area contributed by atoms with E-state index < -0.39 is 17.5 Å². The van der Waals surface area contributed by atoms with Gasteiger partial charge < -0.3 is 14.8 Å². The molecule has 0 spiro atoms. The van der Waals surface area contributed by atoms with Gasteiger partial charge in [-0.3, -0.25) is 4.79 Å². The van der Waals surface area contributed by atoms with Gasteiger partial charge in [0.2, 0.25) is 0 Å². The second kappa shape index (κ2) is 6.21. The number of amides is 1. The molecule has 1 amide bonds. The van der Waals surface area contributed by atoms with Crippen molar-refractivity contribution in [3.63, 3.8) is 0 Å². The highest BCUT2D eigenvalue weighted by Crippen LogP contribution is 2.29. The fourth-order valence-electron chi connectivity index (χ4n) is 1.74. The average Bonchev–Trinajstić information content (AvgIpc) is 2.49. The van der Waals surface area contributed by atoms with Crippen molar-refractivity contribution in [1.82, 2.24) is 0 Å². The molecule has 0 heterocycles. The number of benzene rings is 2. The minimum absolute atomic E-state index is 0.00114. The van der Waals surface area contributed by atoms with Crippen molar-refractivity contribution in [3.05, 3.63) is 53.6 Å². The van der Waals surface area contributed by atoms with E-state index in [9.17, 15) is 13.6 Å². The van der Waals surface area contributed by atoms with Crippen LogP contribution in [0.1, 0.15) is 10.4 Å². The van der Waals surface area contributed by atoms with E-state index in [4.69, 9.17) is 9.47 Å². The minimum atomic E-state index is -1.08. The van der Waals surface area contributed by atoms with Gasteiger partial charge in [-0.25, -0.2) is 8.78 Å². The van der Waals surface area contributed by atoms with Gasteiger partial charge >= 0.3 is 0 Å². The van der Waals surface area contributed by atoms with Crippen LogP contribution in [-0.2, 0) is 0 Å². The van der Waals surface area contributed by atoms with Gasteiger partial charge in [-0.2, -0.15) is 0 Å². The number of carbonyl (C=O) groups excluding carboxylic acids is 1. The maximum Gasteiger partial charge on any atom is 0.255 e. The van der Waals surface area contributed by atoms with Crippen molar-refractivity contribution < 1.29 is 23.0 Å². The number of rotatable bonds is 4. The normalized spacial score (nSPS) is 10.1. The number of nitrogens with one attached hydrogen (secondary N) is 1. The van der Waals surface area contributed by atoms with E-state index in [0.29, 0.717) is 17.2 Å². The quantitative estimate of drug-likeness (QED) is 0.941. The second-order valence-electron chi connectivity index (χ2n) is 4.15. The molecule has 0 atom stereocenters. The molecule has 1 N–H and O–H groups in total. The summed E-state index contributed by atoms with van der Waals surface area (Å²) in [5, 5.41) is 2.57. The monoisotopic (exact) mass is 293 g/mol. The first-order chi connectivity index (χ1) is 10.0. The molecule has 2 rings (SSSR count). The summed E-state index contributed by atoms with van der Waals surface area (Å²) in [5.41, 5.74) is 0.366. The number of ether oxygens (including phenoxy) is 2. The molecule has 0 aliphatic heterocycles. The first-order valence-electron chi connectivity index (χ1n) is 6.03. The van der Waals surface area contributed by atoms with Gasteiger partial charge in [0.15, 0.2) is 11.6 Å². The summed E-state index contributed by atoms with van der Waals surface area (Å²) >= 11 is 0. The van der Waals surface area contributed by atoms with Gasteiger partial charge in [0.1, 0.15) is 11.5 Å². The lowest BCUT2D eigenvalue weighted by Crippen LogP contribution is -2.13. The first-order valence-corrected chi connectivity index (χ1v) is 6.03. The lowest BCUT2D eigenvalue weighted by Gasteiger charge is -2.11. The molecule has 0 aliphatic rings. The van der Waals surface area contributed by atoms with Crippen molar-refractivity contribution in [2.75, 3.05) is 19.5 Å². The highest BCUT2D eigenvalue weighted by molar-refractivity contribution is 6.05. The van der Waals surface area contributed by atoms with Gasteiger partial charge in [0.25, 0.3) is 5.91 Å². The van der Waals surface area contributed by atoms with Gasteiger partial charge in [0.05, 0.1) is 19.9 Å². The summed E-state index contributed by atoms with van der Waals surface area (Å²) in [6, 6.07) is 7.78. The Morgan fingerprint density at radius 3 is 2.38 bits per heavy atom. The highest BCUT2D eigenvalue weighted by Gasteiger charge is 2.13. The lowest BCUT2D eigenvalue weighted by molar-refractivity contribution is 0.102. The maximum atomic E-state index is 13.1. The Morgan fingerprint density at radius 2 is 1.76 bits per heavy atom. The van der Waals surface area contributed by atoms with Crippen LogP contribution in [0.2, 0.25) is 0 Å². The Kier molecular flexibility index (Phi) is 4.37. The molecule has 2 aromatic rings. The molecule has 2 aromatic carbocycles. The Morgan fingerprint density at radius 1 is 1.00 bits per heavy atom. The second-order valence-corrected chi connectivity index (χ2v) is 4.15. The van der Waals surface area contributed by atoms with Gasteiger partial charge in [0, 0.05) is 11.6 Å². The van der Waals surface area contributed by atoms with E-state index in [2.05, 4.69) is 5.32 Å². The molecule has 0 bridgehead atoms. The zero-order valence-corrected chi connectivity index (χ0v) is 11.4. The summed E-state index contributed by atoms with van der Waals surface area (Å²) < 4.78 is 36.2. The van der Waals surface area contributed by atoms with Crippen molar-refractivity contribution >= 4 is 11.6 Å². The molecule has 0 saturated carbocycles. The molecular formula is C15H13F2NO3. The molecule has 21 heavy (non-hydrogen) atoms. The number of methoxy groups -OCH3 is 2. The van der Waals surface area contributed by atoms with E-state index in [0.717, 1.165) is 12.1 Å². The zero-order valence-electron chi connectivity index (χ0n) is 11.4. The number of hydrogen-bond donors (Lipinski definition) is 1. The predicted molar refractivity (Wildman–Crippen MR) is 73.9 cm³/mol. The molecule has 0 radical (unpaired) electrons. The van der Waals surface area contributed by atoms with Crippen LogP contribution in [0, 0.1) is 11.6 Å². The largest absolute Gasteiger partial charge is 0.497 e. The van der Waals surface area contributed by atoms with Gasteiger partial charge in [-0.15, -0.1) is 0 Å². The Hall–Kier alpha value is -2.63. The van der Waals surface area contributed by atoms with Crippen LogP contribution in [0.4, 0.5) is 14.5 Å². The van der Waals surface area contributed by atoms with E-state index >= 15 is 0 Å². The number of carbonyl (C=O) groups is 1. The summed E-state index contributed by atoms with van der Waals surface area (Å²) in [4.78, 5) is 12.0. The third kappa shape index (κ3) is 3.28. The first kappa shape index (κ1) is 14.8. The SMILES string of the molecule is COc1ccc(OC)c(NC(=O)c2ccc(F)c(F)c2)c1. The summed E-state index contributed by atoms with van der Waals surface area (Å²) in [5.74, 6) is -1.73. The smallest absolute Gasteiger partial charge is 0.255 e. The molecular weight excluding hydrogens is 280 g/mol. The van der Waals surface area contributed by atoms with Crippen LogP contribution in [0.15, 0.2) is 36.4 Å². The molecule has 0 fully saturated rings. The number of anilines is 1. The van der Waals surface area contributed by atoms with Crippen LogP contribution >= 0.6 is 0 Å². The van der Waals surface area contributed by atoms with Crippen LogP contribution in [0.25, 0.3) is 0 Å². The predicted octanol–water partition coefficient (Wildman–Crippen LogP) is 3.23. The van der Waals surface area contributed by atoms with E-state index in [-0.39, 0.29) is 5.56 Å². The lowest BCUT2D eigenvalue weighted by atomic mass is 10.2. The fourth-order valence-corrected chi connectivity index (χ4v) is 1.74. The van der Waals surface area contributed by atoms with Crippen molar-refractivity contribution in [2.45, 2.75) is 0 Å². The van der Waals surface area contributed by atoms with Crippen LogP contribution in [0.3, 0.4) is 0 Å². The van der Waals surface area contributed by atoms with Crippen molar-refractivity contribution in [3.8, 4) is 11.5 Å². The van der Waals surface area contributed by atoms with Crippen molar-refractivity contribution in [1.29, 1.82) is 0 Å². The summed E-state index contributed by atoms with van der Waals surface area (Å²) in [7, 11) is 2.94. The topological polar surface area (TPSA) is 47.6 Å². The third-order valence-corrected chi connectivity index (χ3v) is 2.84. The Labute approximate surface area is 120 Å². The molecule has 0 unspecified atom stereocenters. The summed E-state index contributed by atoms with van der Waals surface area (Å²) in [6.45, 7) is 0. The molecule has 0 saturated heterocycles. The van der Waals surface area contributed by atoms with Crippen LogP contribution in [-0.4, -0.2) is 20.1 Å². The van der Waals surface area contributed by atoms with Crippen LogP contribution < -0.4 is 14.8 Å². The van der Waals surface area contributed by atoms with E-state index in [1.54, 1.807) is 18.2 Å². The van der Waals surface area contributed by atoms with Crippen LogP contribution in [0.5, 0.6) is 11.5 Å². The maximum absolute atomic E-state index is 13.1. The van der Waals surface area contributed by atoms with E-state index in [1.165, 1.54) is 20.3 Å². The number of halogens is 2. The minimum Gasteiger partial charge on any atom is -0.497 e. The Balaban J connectivity index is 2.28. The highest BCUT2D eigenvalue weighted by atomic mass is 19.2. The van der Waals surface area contributed by atoms with Gasteiger partial charge in [-0.1, -0.05) is 0 Å². The van der Waals surface area contributed by atoms with Crippen molar-refractivity contribution in [2.24, 2.45) is 0 Å². The van der Waals surface area contributed by atoms with E-state index in [1.807, 2.05) is 0 Å². The fraction of sp³-hybridized carbons (Fsp3) is 0.133. The summed E-state index contributed by atoms with van der Waals surface area (Å²) in [6.07, 6.45) is 0. The standard InChI is InChI=1S/C15H13F2NO3/c1-20-10-4-6-14(21-2)13(8-10)18-15(19)9-3-5-11(16)12(17)7-9/h3-8H,1-2H3,(H,18,19). The third-order valence-electron chi connectivity index (χ3n) is 2.84.